The predicted octanol–water partition coefficient (Wildman–Crippen LogP) is 3.11. The molecule has 0 aliphatic heterocycles. The van der Waals surface area contributed by atoms with Gasteiger partial charge in [-0.15, -0.1) is 0 Å². The van der Waals surface area contributed by atoms with E-state index in [-0.39, 0.29) is 5.41 Å². The van der Waals surface area contributed by atoms with Crippen molar-refractivity contribution < 1.29 is 5.11 Å². The van der Waals surface area contributed by atoms with Crippen molar-refractivity contribution in [3.63, 3.8) is 0 Å². The van der Waals surface area contributed by atoms with Crippen molar-refractivity contribution in [2.75, 3.05) is 6.54 Å². The first-order chi connectivity index (χ1) is 8.53. The number of hydrogen-bond donors (Lipinski definition) is 2. The largest absolute Gasteiger partial charge is 0.385 e. The highest BCUT2D eigenvalue weighted by atomic mass is 16.3. The second-order valence-corrected chi connectivity index (χ2v) is 5.93. The highest BCUT2D eigenvalue weighted by Crippen LogP contribution is 2.49. The van der Waals surface area contributed by atoms with Crippen molar-refractivity contribution in [1.82, 2.24) is 0 Å². The quantitative estimate of drug-likeness (QED) is 0.862. The van der Waals surface area contributed by atoms with Crippen molar-refractivity contribution in [1.29, 1.82) is 0 Å². The average Bonchev–Trinajstić information content (AvgIpc) is 2.39. The molecule has 0 amide bonds. The molecule has 0 radical (unpaired) electrons. The first-order valence-electron chi connectivity index (χ1n) is 7.02. The van der Waals surface area contributed by atoms with E-state index in [1.165, 1.54) is 19.3 Å². The standard InChI is InChI=1S/C16H25NO/c1-13-8-4-5-9-14(13)15(2,18)16(12-17)10-6-3-7-11-16/h4-5,8-9,18H,3,6-7,10-12,17H2,1-2H3. The van der Waals surface area contributed by atoms with E-state index in [0.717, 1.165) is 24.0 Å². The zero-order valence-corrected chi connectivity index (χ0v) is 11.6. The van der Waals surface area contributed by atoms with Gasteiger partial charge in [-0.1, -0.05) is 43.5 Å². The molecule has 1 atom stereocenters. The summed E-state index contributed by atoms with van der Waals surface area (Å²) in [6, 6.07) is 8.13. The molecule has 0 aromatic heterocycles. The minimum atomic E-state index is -0.826. The van der Waals surface area contributed by atoms with E-state index in [1.807, 2.05) is 25.1 Å². The van der Waals surface area contributed by atoms with E-state index in [0.29, 0.717) is 6.54 Å². The summed E-state index contributed by atoms with van der Waals surface area (Å²) in [6.07, 6.45) is 5.69. The second kappa shape index (κ2) is 5.02. The Labute approximate surface area is 110 Å². The van der Waals surface area contributed by atoms with Crippen LogP contribution in [0.5, 0.6) is 0 Å². The van der Waals surface area contributed by atoms with Gasteiger partial charge in [0.05, 0.1) is 5.60 Å². The van der Waals surface area contributed by atoms with Crippen LogP contribution in [0.2, 0.25) is 0 Å². The minimum absolute atomic E-state index is 0.155. The van der Waals surface area contributed by atoms with E-state index >= 15 is 0 Å². The topological polar surface area (TPSA) is 46.2 Å². The van der Waals surface area contributed by atoms with Crippen molar-refractivity contribution in [2.45, 2.75) is 51.6 Å². The van der Waals surface area contributed by atoms with Gasteiger partial charge in [0.15, 0.2) is 0 Å². The maximum absolute atomic E-state index is 11.2. The summed E-state index contributed by atoms with van der Waals surface area (Å²) < 4.78 is 0. The van der Waals surface area contributed by atoms with Gasteiger partial charge >= 0.3 is 0 Å². The van der Waals surface area contributed by atoms with Crippen LogP contribution >= 0.6 is 0 Å². The van der Waals surface area contributed by atoms with E-state index in [4.69, 9.17) is 5.73 Å². The fourth-order valence-electron chi connectivity index (χ4n) is 3.52. The van der Waals surface area contributed by atoms with Crippen LogP contribution in [0.25, 0.3) is 0 Å². The van der Waals surface area contributed by atoms with Crippen LogP contribution < -0.4 is 5.73 Å². The zero-order valence-electron chi connectivity index (χ0n) is 11.6. The van der Waals surface area contributed by atoms with Crippen LogP contribution in [-0.2, 0) is 5.60 Å². The second-order valence-electron chi connectivity index (χ2n) is 5.93. The van der Waals surface area contributed by atoms with Gasteiger partial charge in [-0.3, -0.25) is 0 Å². The van der Waals surface area contributed by atoms with Gasteiger partial charge in [-0.25, -0.2) is 0 Å². The summed E-state index contributed by atoms with van der Waals surface area (Å²) in [5.41, 5.74) is 7.26. The molecular weight excluding hydrogens is 222 g/mol. The number of hydrogen-bond acceptors (Lipinski definition) is 2. The van der Waals surface area contributed by atoms with Gasteiger partial charge in [0.2, 0.25) is 0 Å². The Hall–Kier alpha value is -0.860. The lowest BCUT2D eigenvalue weighted by Crippen LogP contribution is -2.50. The van der Waals surface area contributed by atoms with Crippen LogP contribution in [0.15, 0.2) is 24.3 Å². The third-order valence-electron chi connectivity index (χ3n) is 4.90. The Balaban J connectivity index is 2.42. The van der Waals surface area contributed by atoms with Gasteiger partial charge in [-0.05, 0) is 37.8 Å². The van der Waals surface area contributed by atoms with E-state index in [9.17, 15) is 5.11 Å². The molecule has 1 aromatic carbocycles. The maximum Gasteiger partial charge on any atom is 0.0939 e. The Bertz CT molecular complexity index is 405. The minimum Gasteiger partial charge on any atom is -0.385 e. The molecule has 2 rings (SSSR count). The summed E-state index contributed by atoms with van der Waals surface area (Å²) >= 11 is 0. The molecule has 2 heteroatoms. The summed E-state index contributed by atoms with van der Waals surface area (Å²) in [4.78, 5) is 0. The molecule has 1 saturated carbocycles. The van der Waals surface area contributed by atoms with Gasteiger partial charge in [0.25, 0.3) is 0 Å². The fraction of sp³-hybridized carbons (Fsp3) is 0.625. The highest BCUT2D eigenvalue weighted by molar-refractivity contribution is 5.33. The number of benzene rings is 1. The molecular formula is C16H25NO. The molecule has 1 aliphatic rings. The average molecular weight is 247 g/mol. The molecule has 3 N–H and O–H groups in total. The monoisotopic (exact) mass is 247 g/mol. The van der Waals surface area contributed by atoms with Crippen molar-refractivity contribution in [3.05, 3.63) is 35.4 Å². The Morgan fingerprint density at radius 2 is 1.83 bits per heavy atom. The summed E-state index contributed by atoms with van der Waals surface area (Å²) in [6.45, 7) is 4.58. The van der Waals surface area contributed by atoms with Crippen LogP contribution in [0, 0.1) is 12.3 Å². The molecule has 1 fully saturated rings. The van der Waals surface area contributed by atoms with Crippen LogP contribution in [0.3, 0.4) is 0 Å². The van der Waals surface area contributed by atoms with E-state index < -0.39 is 5.60 Å². The highest BCUT2D eigenvalue weighted by Gasteiger charge is 2.47. The molecule has 0 bridgehead atoms. The summed E-state index contributed by atoms with van der Waals surface area (Å²) in [5, 5.41) is 11.2. The SMILES string of the molecule is Cc1ccccc1C(C)(O)C1(CN)CCCCC1. The lowest BCUT2D eigenvalue weighted by Gasteiger charge is -2.48. The van der Waals surface area contributed by atoms with E-state index in [1.54, 1.807) is 0 Å². The fourth-order valence-corrected chi connectivity index (χ4v) is 3.52. The lowest BCUT2D eigenvalue weighted by molar-refractivity contribution is -0.0922. The number of nitrogens with two attached hydrogens (primary N) is 1. The third-order valence-corrected chi connectivity index (χ3v) is 4.90. The molecule has 1 aliphatic carbocycles. The Morgan fingerprint density at radius 3 is 2.39 bits per heavy atom. The predicted molar refractivity (Wildman–Crippen MR) is 75.3 cm³/mol. The molecule has 1 aromatic rings. The number of rotatable bonds is 3. The normalized spacial score (nSPS) is 22.4. The molecule has 0 spiro atoms. The van der Waals surface area contributed by atoms with Crippen molar-refractivity contribution in [2.24, 2.45) is 11.1 Å². The van der Waals surface area contributed by atoms with Crippen LogP contribution in [0.1, 0.15) is 50.2 Å². The van der Waals surface area contributed by atoms with Crippen molar-refractivity contribution in [3.8, 4) is 0 Å². The first kappa shape index (κ1) is 13.6. The van der Waals surface area contributed by atoms with Gasteiger partial charge in [0.1, 0.15) is 0 Å². The van der Waals surface area contributed by atoms with Gasteiger partial charge in [0, 0.05) is 12.0 Å². The lowest BCUT2D eigenvalue weighted by atomic mass is 9.61. The Kier molecular flexibility index (Phi) is 3.79. The van der Waals surface area contributed by atoms with Crippen molar-refractivity contribution >= 4 is 0 Å². The summed E-state index contributed by atoms with van der Waals surface area (Å²) in [7, 11) is 0. The molecule has 0 heterocycles. The molecule has 100 valence electrons. The zero-order chi connectivity index (χ0) is 13.2. The molecule has 1 unspecified atom stereocenters. The third kappa shape index (κ3) is 2.08. The van der Waals surface area contributed by atoms with Gasteiger partial charge in [-0.2, -0.15) is 0 Å². The first-order valence-corrected chi connectivity index (χ1v) is 7.02. The van der Waals surface area contributed by atoms with Crippen LogP contribution in [-0.4, -0.2) is 11.7 Å². The number of aryl methyl sites for hydroxylation is 1. The van der Waals surface area contributed by atoms with E-state index in [2.05, 4.69) is 13.0 Å². The maximum atomic E-state index is 11.2. The summed E-state index contributed by atoms with van der Waals surface area (Å²) in [5.74, 6) is 0. The molecule has 0 saturated heterocycles. The van der Waals surface area contributed by atoms with Gasteiger partial charge < -0.3 is 10.8 Å². The van der Waals surface area contributed by atoms with Crippen LogP contribution in [0.4, 0.5) is 0 Å². The smallest absolute Gasteiger partial charge is 0.0939 e. The molecule has 2 nitrogen and oxygen atoms in total. The molecule has 18 heavy (non-hydrogen) atoms. The number of aliphatic hydroxyl groups is 1. The Morgan fingerprint density at radius 1 is 1.22 bits per heavy atom.